The van der Waals surface area contributed by atoms with Crippen LogP contribution in [0.5, 0.6) is 11.5 Å². The Labute approximate surface area is 168 Å². The van der Waals surface area contributed by atoms with Gasteiger partial charge in [-0.15, -0.1) is 0 Å². The van der Waals surface area contributed by atoms with Crippen LogP contribution in [-0.4, -0.2) is 25.3 Å². The number of aromatic carboxylic acids is 1. The van der Waals surface area contributed by atoms with Gasteiger partial charge < -0.3 is 14.6 Å². The number of methoxy groups -OCH3 is 2. The van der Waals surface area contributed by atoms with Crippen molar-refractivity contribution in [2.24, 2.45) is 22.7 Å². The number of rotatable bonds is 3. The maximum Gasteiger partial charge on any atom is 0.336 e. The number of fused-ring (bicyclic) bond motifs is 5. The number of carboxylic acids is 1. The van der Waals surface area contributed by atoms with Crippen molar-refractivity contribution in [2.75, 3.05) is 14.2 Å². The van der Waals surface area contributed by atoms with Gasteiger partial charge in [0.2, 0.25) is 0 Å². The fourth-order valence-electron chi connectivity index (χ4n) is 7.70. The van der Waals surface area contributed by atoms with E-state index in [1.165, 1.54) is 25.7 Å². The summed E-state index contributed by atoms with van der Waals surface area (Å²) >= 11 is 0. The Morgan fingerprint density at radius 1 is 1.07 bits per heavy atom. The molecule has 0 aliphatic heterocycles. The molecule has 4 heteroatoms. The maximum atomic E-state index is 12.2. The summed E-state index contributed by atoms with van der Waals surface area (Å²) in [5.41, 5.74) is 2.92. The second-order valence-corrected chi connectivity index (χ2v) is 10.4. The standard InChI is InChI=1S/C24H34O4/c1-22(2)9-7-10-23(3)17(22)8-11-24(4)18(23)13-14-19(24)15(21(25)26)12-16(27-5)20(14)28-6/h12,17-18H,7-11,13H2,1-6H3,(H,25,26)/t17?,18-,23+,24-/m1/s1. The number of ether oxygens (including phenoxy) is 2. The first-order valence-electron chi connectivity index (χ1n) is 10.6. The largest absolute Gasteiger partial charge is 0.493 e. The monoisotopic (exact) mass is 386 g/mol. The molecular formula is C24H34O4. The van der Waals surface area contributed by atoms with Crippen molar-refractivity contribution < 1.29 is 19.4 Å². The molecule has 4 atom stereocenters. The van der Waals surface area contributed by atoms with E-state index in [1.807, 2.05) is 0 Å². The van der Waals surface area contributed by atoms with Gasteiger partial charge in [-0.05, 0) is 71.8 Å². The van der Waals surface area contributed by atoms with Gasteiger partial charge in [-0.2, -0.15) is 0 Å². The summed E-state index contributed by atoms with van der Waals surface area (Å²) in [7, 11) is 3.25. The second-order valence-electron chi connectivity index (χ2n) is 10.4. The topological polar surface area (TPSA) is 55.8 Å². The average molecular weight is 387 g/mol. The Balaban J connectivity index is 1.93. The Bertz CT molecular complexity index is 826. The van der Waals surface area contributed by atoms with Crippen LogP contribution in [0.15, 0.2) is 6.07 Å². The molecule has 1 N–H and O–H groups in total. The molecule has 1 aromatic carbocycles. The van der Waals surface area contributed by atoms with Crippen molar-refractivity contribution in [3.8, 4) is 11.5 Å². The Hall–Kier alpha value is -1.71. The van der Waals surface area contributed by atoms with Gasteiger partial charge in [0.15, 0.2) is 11.5 Å². The summed E-state index contributed by atoms with van der Waals surface area (Å²) in [5.74, 6) is 1.52. The van der Waals surface area contributed by atoms with Crippen LogP contribution in [0, 0.1) is 22.7 Å². The average Bonchev–Trinajstić information content (AvgIpc) is 2.94. The van der Waals surface area contributed by atoms with E-state index < -0.39 is 5.97 Å². The van der Waals surface area contributed by atoms with Crippen molar-refractivity contribution in [2.45, 2.75) is 71.6 Å². The number of hydrogen-bond donors (Lipinski definition) is 1. The van der Waals surface area contributed by atoms with Gasteiger partial charge in [0, 0.05) is 5.56 Å². The summed E-state index contributed by atoms with van der Waals surface area (Å²) in [5, 5.41) is 10.0. The molecule has 154 valence electrons. The molecule has 28 heavy (non-hydrogen) atoms. The molecule has 0 spiro atoms. The molecule has 3 aliphatic carbocycles. The van der Waals surface area contributed by atoms with E-state index in [1.54, 1.807) is 20.3 Å². The minimum atomic E-state index is -0.865. The second kappa shape index (κ2) is 6.14. The molecule has 0 amide bonds. The van der Waals surface area contributed by atoms with Gasteiger partial charge in [0.25, 0.3) is 0 Å². The van der Waals surface area contributed by atoms with Gasteiger partial charge in [0.05, 0.1) is 19.8 Å². The first-order chi connectivity index (χ1) is 13.1. The molecule has 4 nitrogen and oxygen atoms in total. The van der Waals surface area contributed by atoms with Crippen molar-refractivity contribution in [1.29, 1.82) is 0 Å². The lowest BCUT2D eigenvalue weighted by Crippen LogP contribution is -2.55. The Morgan fingerprint density at radius 3 is 2.39 bits per heavy atom. The lowest BCUT2D eigenvalue weighted by Gasteiger charge is -2.61. The number of carbonyl (C=O) groups is 1. The van der Waals surface area contributed by atoms with Crippen LogP contribution >= 0.6 is 0 Å². The highest BCUT2D eigenvalue weighted by Crippen LogP contribution is 2.68. The molecule has 0 aromatic heterocycles. The maximum absolute atomic E-state index is 12.2. The lowest BCUT2D eigenvalue weighted by atomic mass is 9.43. The van der Waals surface area contributed by atoms with Crippen LogP contribution in [0.2, 0.25) is 0 Å². The van der Waals surface area contributed by atoms with E-state index in [2.05, 4.69) is 27.7 Å². The first-order valence-corrected chi connectivity index (χ1v) is 10.6. The molecular weight excluding hydrogens is 352 g/mol. The van der Waals surface area contributed by atoms with Crippen LogP contribution in [0.25, 0.3) is 0 Å². The summed E-state index contributed by atoms with van der Waals surface area (Å²) in [4.78, 5) is 12.2. The van der Waals surface area contributed by atoms with Crippen LogP contribution < -0.4 is 9.47 Å². The molecule has 2 saturated carbocycles. The predicted octanol–water partition coefficient (Wildman–Crippen LogP) is 5.46. The van der Waals surface area contributed by atoms with E-state index in [4.69, 9.17) is 9.47 Å². The molecule has 3 aliphatic rings. The van der Waals surface area contributed by atoms with E-state index in [9.17, 15) is 9.90 Å². The third kappa shape index (κ3) is 2.39. The van der Waals surface area contributed by atoms with Crippen LogP contribution in [-0.2, 0) is 11.8 Å². The van der Waals surface area contributed by atoms with Gasteiger partial charge in [-0.1, -0.05) is 34.1 Å². The van der Waals surface area contributed by atoms with Crippen LogP contribution in [0.3, 0.4) is 0 Å². The Kier molecular flexibility index (Phi) is 4.30. The van der Waals surface area contributed by atoms with Gasteiger partial charge >= 0.3 is 5.97 Å². The van der Waals surface area contributed by atoms with Crippen LogP contribution in [0.1, 0.15) is 81.3 Å². The van der Waals surface area contributed by atoms with Crippen molar-refractivity contribution in [1.82, 2.24) is 0 Å². The van der Waals surface area contributed by atoms with E-state index in [-0.39, 0.29) is 10.8 Å². The van der Waals surface area contributed by atoms with Crippen molar-refractivity contribution >= 4 is 5.97 Å². The van der Waals surface area contributed by atoms with E-state index in [0.717, 1.165) is 29.7 Å². The predicted molar refractivity (Wildman–Crippen MR) is 110 cm³/mol. The summed E-state index contributed by atoms with van der Waals surface area (Å²) in [6, 6.07) is 1.67. The molecule has 1 unspecified atom stereocenters. The van der Waals surface area contributed by atoms with E-state index in [0.29, 0.717) is 28.6 Å². The molecule has 0 radical (unpaired) electrons. The summed E-state index contributed by atoms with van der Waals surface area (Å²) in [6.07, 6.45) is 6.89. The van der Waals surface area contributed by atoms with E-state index >= 15 is 0 Å². The molecule has 2 fully saturated rings. The summed E-state index contributed by atoms with van der Waals surface area (Å²) < 4.78 is 11.3. The number of carboxylic acid groups (broad SMARTS) is 1. The minimum Gasteiger partial charge on any atom is -0.493 e. The highest BCUT2D eigenvalue weighted by atomic mass is 16.5. The number of hydrogen-bond acceptors (Lipinski definition) is 3. The summed E-state index contributed by atoms with van der Waals surface area (Å²) in [6.45, 7) is 9.67. The molecule has 0 heterocycles. The molecule has 1 aromatic rings. The first kappa shape index (κ1) is 19.6. The highest BCUT2D eigenvalue weighted by Gasteiger charge is 2.62. The van der Waals surface area contributed by atoms with Gasteiger partial charge in [-0.3, -0.25) is 0 Å². The lowest BCUT2D eigenvalue weighted by molar-refractivity contribution is -0.0983. The Morgan fingerprint density at radius 2 is 1.79 bits per heavy atom. The fraction of sp³-hybridized carbons (Fsp3) is 0.708. The zero-order valence-electron chi connectivity index (χ0n) is 18.1. The third-order valence-electron chi connectivity index (χ3n) is 8.77. The van der Waals surface area contributed by atoms with Gasteiger partial charge in [0.1, 0.15) is 0 Å². The zero-order valence-corrected chi connectivity index (χ0v) is 18.1. The highest BCUT2D eigenvalue weighted by molar-refractivity contribution is 5.92. The minimum absolute atomic E-state index is 0.124. The number of benzene rings is 1. The SMILES string of the molecule is COc1cc(C(=O)O)c2c(c1OC)C[C@H]1[C@@]2(C)CCC2C(C)(C)CCC[C@@]21C. The normalized spacial score (nSPS) is 35.5. The van der Waals surface area contributed by atoms with Crippen molar-refractivity contribution in [3.63, 3.8) is 0 Å². The zero-order chi connectivity index (χ0) is 20.5. The molecule has 4 rings (SSSR count). The third-order valence-corrected chi connectivity index (χ3v) is 8.77. The van der Waals surface area contributed by atoms with Crippen molar-refractivity contribution in [3.05, 3.63) is 22.8 Å². The molecule has 0 saturated heterocycles. The fourth-order valence-corrected chi connectivity index (χ4v) is 7.70. The molecule has 0 bridgehead atoms. The van der Waals surface area contributed by atoms with Crippen LogP contribution in [0.4, 0.5) is 0 Å². The quantitative estimate of drug-likeness (QED) is 0.749. The smallest absolute Gasteiger partial charge is 0.336 e. The van der Waals surface area contributed by atoms with Gasteiger partial charge in [-0.25, -0.2) is 4.79 Å².